The predicted octanol–water partition coefficient (Wildman–Crippen LogP) is 3.41. The van der Waals surface area contributed by atoms with Gasteiger partial charge in [-0.15, -0.1) is 0 Å². The van der Waals surface area contributed by atoms with Gasteiger partial charge in [0.25, 0.3) is 0 Å². The van der Waals surface area contributed by atoms with Gasteiger partial charge in [0, 0.05) is 35.5 Å². The molecule has 25 heavy (non-hydrogen) atoms. The summed E-state index contributed by atoms with van der Waals surface area (Å²) in [5.41, 5.74) is 2.88. The maximum absolute atomic E-state index is 5.50. The molecule has 3 aromatic rings. The van der Waals surface area contributed by atoms with Crippen LogP contribution in [-0.4, -0.2) is 30.7 Å². The summed E-state index contributed by atoms with van der Waals surface area (Å²) < 4.78 is 19.2. The number of rotatable bonds is 7. The Morgan fingerprint density at radius 2 is 1.76 bits per heavy atom. The lowest BCUT2D eigenvalue weighted by Gasteiger charge is -2.15. The molecule has 2 heterocycles. The van der Waals surface area contributed by atoms with E-state index in [1.165, 1.54) is 0 Å². The number of ether oxygens (including phenoxy) is 3. The maximum atomic E-state index is 5.50. The molecule has 1 N–H and O–H groups in total. The van der Waals surface area contributed by atoms with Gasteiger partial charge in [-0.25, -0.2) is 4.98 Å². The van der Waals surface area contributed by atoms with Crippen molar-refractivity contribution in [2.75, 3.05) is 21.3 Å². The van der Waals surface area contributed by atoms with Gasteiger partial charge < -0.3 is 23.9 Å². The second kappa shape index (κ2) is 7.76. The molecule has 0 aliphatic heterocycles. The second-order valence-electron chi connectivity index (χ2n) is 5.44. The molecule has 2 aromatic heterocycles. The third-order valence-corrected chi connectivity index (χ3v) is 4.34. The zero-order valence-corrected chi connectivity index (χ0v) is 16.0. The number of pyridine rings is 1. The van der Waals surface area contributed by atoms with Gasteiger partial charge in [0.2, 0.25) is 5.75 Å². The smallest absolute Gasteiger partial charge is 0.203 e. The van der Waals surface area contributed by atoms with Crippen molar-refractivity contribution in [3.63, 3.8) is 0 Å². The van der Waals surface area contributed by atoms with E-state index in [2.05, 4.69) is 26.2 Å². The molecule has 0 saturated heterocycles. The molecule has 7 heteroatoms. The van der Waals surface area contributed by atoms with Crippen molar-refractivity contribution in [2.45, 2.75) is 13.1 Å². The molecule has 0 unspecified atom stereocenters. The van der Waals surface area contributed by atoms with E-state index in [0.717, 1.165) is 21.4 Å². The molecule has 3 rings (SSSR count). The molecule has 0 radical (unpaired) electrons. The van der Waals surface area contributed by atoms with E-state index in [1.54, 1.807) is 21.3 Å². The molecular formula is C18H20BrN3O3. The number of imidazole rings is 1. The zero-order valence-electron chi connectivity index (χ0n) is 14.4. The number of hydrogen-bond acceptors (Lipinski definition) is 5. The van der Waals surface area contributed by atoms with Gasteiger partial charge in [0.05, 0.1) is 27.0 Å². The Hall–Kier alpha value is -2.25. The Bertz CT molecular complexity index is 879. The number of nitrogens with zero attached hydrogens (tertiary/aromatic N) is 2. The molecule has 0 aliphatic carbocycles. The average molecular weight is 406 g/mol. The van der Waals surface area contributed by atoms with Crippen molar-refractivity contribution in [1.82, 2.24) is 14.7 Å². The minimum absolute atomic E-state index is 0.599. The first kappa shape index (κ1) is 17.6. The number of halogens is 1. The van der Waals surface area contributed by atoms with E-state index in [0.29, 0.717) is 30.3 Å². The van der Waals surface area contributed by atoms with Crippen LogP contribution < -0.4 is 19.5 Å². The van der Waals surface area contributed by atoms with E-state index in [9.17, 15) is 0 Å². The van der Waals surface area contributed by atoms with Gasteiger partial charge in [-0.1, -0.05) is 6.07 Å². The fraction of sp³-hybridized carbons (Fsp3) is 0.278. The third kappa shape index (κ3) is 3.72. The minimum Gasteiger partial charge on any atom is -0.493 e. The van der Waals surface area contributed by atoms with Crippen molar-refractivity contribution >= 4 is 21.6 Å². The Morgan fingerprint density at radius 3 is 2.48 bits per heavy atom. The molecule has 6 nitrogen and oxygen atoms in total. The van der Waals surface area contributed by atoms with Gasteiger partial charge in [-0.3, -0.25) is 0 Å². The summed E-state index contributed by atoms with van der Waals surface area (Å²) in [5.74, 6) is 1.92. The highest BCUT2D eigenvalue weighted by Crippen LogP contribution is 2.39. The summed E-state index contributed by atoms with van der Waals surface area (Å²) in [7, 11) is 4.84. The first-order valence-electron chi connectivity index (χ1n) is 7.78. The van der Waals surface area contributed by atoms with Crippen LogP contribution in [0.4, 0.5) is 0 Å². The molecule has 0 saturated carbocycles. The lowest BCUT2D eigenvalue weighted by atomic mass is 10.1. The van der Waals surface area contributed by atoms with Gasteiger partial charge >= 0.3 is 0 Å². The highest BCUT2D eigenvalue weighted by Gasteiger charge is 2.15. The molecule has 0 amide bonds. The van der Waals surface area contributed by atoms with Crippen molar-refractivity contribution in [2.24, 2.45) is 0 Å². The standard InChI is InChI=1S/C18H20BrN3O3/c1-23-15-6-4-12(17(24-2)18(15)25-3)8-20-9-14-11-22-10-13(19)5-7-16(22)21-14/h4-7,10-11,20H,8-9H2,1-3H3. The normalized spacial score (nSPS) is 10.9. The lowest BCUT2D eigenvalue weighted by molar-refractivity contribution is 0.321. The Labute approximate surface area is 154 Å². The molecule has 0 bridgehead atoms. The van der Waals surface area contributed by atoms with Gasteiger partial charge in [-0.05, 0) is 34.1 Å². The van der Waals surface area contributed by atoms with Gasteiger partial charge in [-0.2, -0.15) is 0 Å². The van der Waals surface area contributed by atoms with Crippen molar-refractivity contribution in [3.05, 3.63) is 52.4 Å². The van der Waals surface area contributed by atoms with Crippen LogP contribution in [0.5, 0.6) is 17.2 Å². The molecular weight excluding hydrogens is 386 g/mol. The molecule has 0 atom stereocenters. The summed E-state index contributed by atoms with van der Waals surface area (Å²) in [6, 6.07) is 7.80. The second-order valence-corrected chi connectivity index (χ2v) is 6.36. The number of benzene rings is 1. The fourth-order valence-corrected chi connectivity index (χ4v) is 3.08. The maximum Gasteiger partial charge on any atom is 0.203 e. The molecule has 0 aliphatic rings. The number of fused-ring (bicyclic) bond motifs is 1. The van der Waals surface area contributed by atoms with Crippen molar-refractivity contribution in [3.8, 4) is 17.2 Å². The Balaban J connectivity index is 1.72. The van der Waals surface area contributed by atoms with Crippen LogP contribution in [0.2, 0.25) is 0 Å². The predicted molar refractivity (Wildman–Crippen MR) is 99.5 cm³/mol. The molecule has 1 aromatic carbocycles. The topological polar surface area (TPSA) is 57.0 Å². The summed E-state index contributed by atoms with van der Waals surface area (Å²) in [6.45, 7) is 1.28. The van der Waals surface area contributed by atoms with Crippen molar-refractivity contribution in [1.29, 1.82) is 0 Å². The lowest BCUT2D eigenvalue weighted by Crippen LogP contribution is -2.14. The molecule has 0 spiro atoms. The summed E-state index contributed by atoms with van der Waals surface area (Å²) in [4.78, 5) is 4.59. The monoisotopic (exact) mass is 405 g/mol. The summed E-state index contributed by atoms with van der Waals surface area (Å²) >= 11 is 3.47. The first-order valence-corrected chi connectivity index (χ1v) is 8.57. The quantitative estimate of drug-likeness (QED) is 0.652. The van der Waals surface area contributed by atoms with Gasteiger partial charge in [0.15, 0.2) is 11.5 Å². The van der Waals surface area contributed by atoms with E-state index < -0.39 is 0 Å². The Morgan fingerprint density at radius 1 is 0.960 bits per heavy atom. The highest BCUT2D eigenvalue weighted by atomic mass is 79.9. The van der Waals surface area contributed by atoms with Crippen LogP contribution in [0.1, 0.15) is 11.3 Å². The van der Waals surface area contributed by atoms with E-state index in [-0.39, 0.29) is 0 Å². The van der Waals surface area contributed by atoms with Crippen LogP contribution in [0, 0.1) is 0 Å². The number of aromatic nitrogens is 2. The van der Waals surface area contributed by atoms with Crippen LogP contribution in [-0.2, 0) is 13.1 Å². The summed E-state index contributed by atoms with van der Waals surface area (Å²) in [6.07, 6.45) is 4.00. The van der Waals surface area contributed by atoms with E-state index >= 15 is 0 Å². The minimum atomic E-state index is 0.599. The largest absolute Gasteiger partial charge is 0.493 e. The number of hydrogen-bond donors (Lipinski definition) is 1. The van der Waals surface area contributed by atoms with Crippen LogP contribution in [0.15, 0.2) is 41.1 Å². The fourth-order valence-electron chi connectivity index (χ4n) is 2.73. The summed E-state index contributed by atoms with van der Waals surface area (Å²) in [5, 5.41) is 3.39. The van der Waals surface area contributed by atoms with Crippen LogP contribution in [0.3, 0.4) is 0 Å². The highest BCUT2D eigenvalue weighted by molar-refractivity contribution is 9.10. The van der Waals surface area contributed by atoms with Crippen LogP contribution >= 0.6 is 15.9 Å². The molecule has 0 fully saturated rings. The number of nitrogens with one attached hydrogen (secondary N) is 1. The molecule has 132 valence electrons. The van der Waals surface area contributed by atoms with E-state index in [4.69, 9.17) is 14.2 Å². The zero-order chi connectivity index (χ0) is 17.8. The van der Waals surface area contributed by atoms with Crippen LogP contribution in [0.25, 0.3) is 5.65 Å². The average Bonchev–Trinajstić information content (AvgIpc) is 3.02. The number of methoxy groups -OCH3 is 3. The first-order chi connectivity index (χ1) is 12.2. The van der Waals surface area contributed by atoms with Crippen molar-refractivity contribution < 1.29 is 14.2 Å². The van der Waals surface area contributed by atoms with E-state index in [1.807, 2.05) is 41.1 Å². The SMILES string of the molecule is COc1ccc(CNCc2cn3cc(Br)ccc3n2)c(OC)c1OC. The third-order valence-electron chi connectivity index (χ3n) is 3.87. The Kier molecular flexibility index (Phi) is 5.45. The van der Waals surface area contributed by atoms with Gasteiger partial charge in [0.1, 0.15) is 5.65 Å².